The molecule has 1 saturated heterocycles. The lowest BCUT2D eigenvalue weighted by Gasteiger charge is -2.71. The van der Waals surface area contributed by atoms with Crippen LogP contribution in [0.1, 0.15) is 127 Å². The van der Waals surface area contributed by atoms with Crippen LogP contribution < -0.4 is 0 Å². The summed E-state index contributed by atoms with van der Waals surface area (Å²) in [6.45, 7) is 20.8. The van der Waals surface area contributed by atoms with E-state index in [1.807, 2.05) is 13.0 Å². The maximum absolute atomic E-state index is 13.4. The number of allylic oxidation sites excluding steroid dienone is 3. The predicted molar refractivity (Wildman–Crippen MR) is 180 cm³/mol. The molecule has 2 N–H and O–H groups in total. The molecule has 1 aliphatic heterocycles. The average Bonchev–Trinajstić information content (AvgIpc) is 3.43. The van der Waals surface area contributed by atoms with Crippen molar-refractivity contribution in [3.63, 3.8) is 0 Å². The van der Waals surface area contributed by atoms with E-state index < -0.39 is 17.5 Å². The third kappa shape index (κ3) is 4.76. The number of hydrogen-bond acceptors (Lipinski definition) is 5. The lowest BCUT2D eigenvalue weighted by Crippen LogP contribution is -2.65. The minimum atomic E-state index is -0.944. The molecule has 6 aliphatic rings. The first kappa shape index (κ1) is 34.0. The highest BCUT2D eigenvalue weighted by atomic mass is 16.5. The van der Waals surface area contributed by atoms with Crippen LogP contribution in [0.2, 0.25) is 0 Å². The van der Waals surface area contributed by atoms with E-state index in [0.29, 0.717) is 43.3 Å². The molecular weight excluding hydrogens is 576 g/mol. The number of carbonyl (C=O) groups excluding carboxylic acids is 1. The molecule has 0 bridgehead atoms. The van der Waals surface area contributed by atoms with Crippen molar-refractivity contribution in [2.75, 3.05) is 6.61 Å². The monoisotopic (exact) mass is 636 g/mol. The highest BCUT2D eigenvalue weighted by Gasteiger charge is 2.70. The predicted octanol–water partition coefficient (Wildman–Crippen LogP) is 8.44. The molecule has 0 aromatic heterocycles. The second-order valence-electron chi connectivity index (χ2n) is 18.3. The van der Waals surface area contributed by atoms with Crippen LogP contribution >= 0.6 is 0 Å². The van der Waals surface area contributed by atoms with Gasteiger partial charge in [0.25, 0.3) is 0 Å². The maximum Gasteiger partial charge on any atom is 0.333 e. The molecule has 5 aliphatic carbocycles. The van der Waals surface area contributed by atoms with Crippen molar-refractivity contribution in [3.8, 4) is 0 Å². The Hall–Kier alpha value is -1.92. The SMILES string of the molecule is C/C=C1\COC(/C=C(\C)C(=O)O[C@H]2C[C@]3(C(=O)O)CC[C@]4(C)C(=CC[C@@H]5[C@@]6(C)CC[C@H](O)C(C)(C)[C@@H]6CC[C@]54C)[C@@H]3CC2(C)C)C1. The Balaban J connectivity index is 1.29. The largest absolute Gasteiger partial charge is 0.481 e. The Kier molecular flexibility index (Phi) is 8.16. The number of ether oxygens (including phenoxy) is 2. The minimum absolute atomic E-state index is 0.0653. The number of carbonyl (C=O) groups is 2. The zero-order chi connectivity index (χ0) is 33.7. The van der Waals surface area contributed by atoms with Gasteiger partial charge in [-0.2, -0.15) is 0 Å². The summed E-state index contributed by atoms with van der Waals surface area (Å²) in [6, 6.07) is 0. The topological polar surface area (TPSA) is 93.1 Å². The highest BCUT2D eigenvalue weighted by molar-refractivity contribution is 5.88. The van der Waals surface area contributed by atoms with Crippen LogP contribution in [-0.2, 0) is 19.1 Å². The molecule has 0 spiro atoms. The summed E-state index contributed by atoms with van der Waals surface area (Å²) in [7, 11) is 0. The number of fused-ring (bicyclic) bond motifs is 7. The van der Waals surface area contributed by atoms with Crippen molar-refractivity contribution >= 4 is 11.9 Å². The molecule has 4 saturated carbocycles. The number of rotatable bonds is 4. The fraction of sp³-hybridized carbons (Fsp3) is 0.800. The first-order valence-electron chi connectivity index (χ1n) is 18.1. The standard InChI is InChI=1S/C40H60O6/c1-10-25-20-26(45-23-25)19-24(2)33(42)46-32-22-40(34(43)44)18-17-38(8)27(28(40)21-35(32,3)4)11-12-30-37(7)15-14-31(41)36(5,6)29(37)13-16-39(30,38)9/h10-11,19,26,28-32,41H,12-18,20-23H2,1-9H3,(H,43,44)/b24-19+,25-10-/t26?,28-,29-,30+,31-,32-,37-,38+,39+,40+/m0/s1. The number of carboxylic acid groups (broad SMARTS) is 1. The van der Waals surface area contributed by atoms with Crippen molar-refractivity contribution in [1.82, 2.24) is 0 Å². The molecule has 46 heavy (non-hydrogen) atoms. The van der Waals surface area contributed by atoms with Crippen molar-refractivity contribution in [2.45, 2.75) is 145 Å². The number of aliphatic carboxylic acids is 1. The smallest absolute Gasteiger partial charge is 0.333 e. The summed E-state index contributed by atoms with van der Waals surface area (Å²) < 4.78 is 12.1. The van der Waals surface area contributed by atoms with Gasteiger partial charge in [0.2, 0.25) is 0 Å². The van der Waals surface area contributed by atoms with Gasteiger partial charge >= 0.3 is 11.9 Å². The lowest BCUT2D eigenvalue weighted by atomic mass is 9.33. The molecule has 6 nitrogen and oxygen atoms in total. The zero-order valence-corrected chi connectivity index (χ0v) is 30.0. The first-order chi connectivity index (χ1) is 21.4. The summed E-state index contributed by atoms with van der Waals surface area (Å²) in [4.78, 5) is 26.9. The minimum Gasteiger partial charge on any atom is -0.481 e. The molecule has 5 fully saturated rings. The first-order valence-corrected chi connectivity index (χ1v) is 18.1. The van der Waals surface area contributed by atoms with Crippen LogP contribution in [0, 0.1) is 50.2 Å². The normalized spacial score (nSPS) is 47.1. The Labute approximate surface area is 277 Å². The van der Waals surface area contributed by atoms with Crippen LogP contribution in [0.3, 0.4) is 0 Å². The molecule has 6 rings (SSSR count). The number of aliphatic hydroxyl groups excluding tert-OH is 1. The Bertz CT molecular complexity index is 1370. The average molecular weight is 637 g/mol. The summed E-state index contributed by atoms with van der Waals surface area (Å²) >= 11 is 0. The van der Waals surface area contributed by atoms with Crippen LogP contribution in [0.4, 0.5) is 0 Å². The van der Waals surface area contributed by atoms with Gasteiger partial charge < -0.3 is 19.7 Å². The van der Waals surface area contributed by atoms with Gasteiger partial charge in [-0.25, -0.2) is 4.79 Å². The highest BCUT2D eigenvalue weighted by Crippen LogP contribution is 2.75. The molecule has 6 heteroatoms. The van der Waals surface area contributed by atoms with E-state index in [1.54, 1.807) is 6.92 Å². The Morgan fingerprint density at radius 2 is 1.70 bits per heavy atom. The third-order valence-electron chi connectivity index (χ3n) is 15.6. The van der Waals surface area contributed by atoms with Gasteiger partial charge in [0, 0.05) is 23.8 Å². The van der Waals surface area contributed by atoms with E-state index in [2.05, 4.69) is 60.6 Å². The van der Waals surface area contributed by atoms with Gasteiger partial charge in [0.15, 0.2) is 0 Å². The zero-order valence-electron chi connectivity index (χ0n) is 30.0. The van der Waals surface area contributed by atoms with E-state index in [0.717, 1.165) is 44.9 Å². The van der Waals surface area contributed by atoms with E-state index >= 15 is 0 Å². The molecule has 1 heterocycles. The summed E-state index contributed by atoms with van der Waals surface area (Å²) in [6.07, 6.45) is 14.0. The molecule has 256 valence electrons. The molecular formula is C40H60O6. The Morgan fingerprint density at radius 1 is 0.978 bits per heavy atom. The second-order valence-corrected chi connectivity index (χ2v) is 18.3. The molecule has 10 atom stereocenters. The van der Waals surface area contributed by atoms with E-state index in [-0.39, 0.29) is 51.2 Å². The molecule has 1 unspecified atom stereocenters. The van der Waals surface area contributed by atoms with E-state index in [9.17, 15) is 19.8 Å². The van der Waals surface area contributed by atoms with Crippen molar-refractivity contribution in [2.24, 2.45) is 50.2 Å². The Morgan fingerprint density at radius 3 is 2.35 bits per heavy atom. The van der Waals surface area contributed by atoms with Gasteiger partial charge in [0.1, 0.15) is 6.10 Å². The van der Waals surface area contributed by atoms with E-state index in [1.165, 1.54) is 11.1 Å². The fourth-order valence-corrected chi connectivity index (χ4v) is 12.3. The number of esters is 1. The molecule has 0 aromatic rings. The summed E-state index contributed by atoms with van der Waals surface area (Å²) in [5.41, 5.74) is 1.84. The van der Waals surface area contributed by atoms with Crippen molar-refractivity contribution < 1.29 is 29.3 Å². The molecule has 0 radical (unpaired) electrons. The second kappa shape index (κ2) is 11.1. The third-order valence-corrected chi connectivity index (χ3v) is 15.6. The van der Waals surface area contributed by atoms with Crippen LogP contribution in [0.15, 0.2) is 34.9 Å². The van der Waals surface area contributed by atoms with Crippen molar-refractivity contribution in [3.05, 3.63) is 34.9 Å². The van der Waals surface area contributed by atoms with Crippen LogP contribution in [0.5, 0.6) is 0 Å². The van der Waals surface area contributed by atoms with Crippen LogP contribution in [0.25, 0.3) is 0 Å². The maximum atomic E-state index is 13.4. The fourth-order valence-electron chi connectivity index (χ4n) is 12.3. The van der Waals surface area contributed by atoms with Gasteiger partial charge in [-0.15, -0.1) is 0 Å². The molecule has 0 amide bonds. The lowest BCUT2D eigenvalue weighted by molar-refractivity contribution is -0.210. The molecule has 0 aromatic carbocycles. The van der Waals surface area contributed by atoms with Gasteiger partial charge in [-0.05, 0) is 116 Å². The van der Waals surface area contributed by atoms with E-state index in [4.69, 9.17) is 9.47 Å². The summed E-state index contributed by atoms with van der Waals surface area (Å²) in [5.74, 6) is -0.204. The van der Waals surface area contributed by atoms with Gasteiger partial charge in [0.05, 0.1) is 24.2 Å². The number of aliphatic hydroxyl groups is 1. The van der Waals surface area contributed by atoms with Crippen molar-refractivity contribution in [1.29, 1.82) is 0 Å². The quantitative estimate of drug-likeness (QED) is 0.183. The number of hydrogen-bond donors (Lipinski definition) is 2. The summed E-state index contributed by atoms with van der Waals surface area (Å²) in [5, 5.41) is 22.0. The van der Waals surface area contributed by atoms with Crippen LogP contribution in [-0.4, -0.2) is 47.1 Å². The number of carboxylic acids is 1. The van der Waals surface area contributed by atoms with Gasteiger partial charge in [-0.3, -0.25) is 4.79 Å². The van der Waals surface area contributed by atoms with Gasteiger partial charge in [-0.1, -0.05) is 66.2 Å².